The summed E-state index contributed by atoms with van der Waals surface area (Å²) in [5.74, 6) is 0. The predicted molar refractivity (Wildman–Crippen MR) is 71.3 cm³/mol. The number of hydrogen-bond acceptors (Lipinski definition) is 3. The molecule has 1 saturated heterocycles. The number of nitrogens with one attached hydrogen (secondary N) is 1. The fraction of sp³-hybridized carbons (Fsp3) is 1.00. The first-order valence-corrected chi connectivity index (χ1v) is 7.32. The highest BCUT2D eigenvalue weighted by Crippen LogP contribution is 2.19. The van der Waals surface area contributed by atoms with Gasteiger partial charge in [-0.1, -0.05) is 19.3 Å². The second-order valence-corrected chi connectivity index (χ2v) is 5.70. The minimum atomic E-state index is 0.412. The fourth-order valence-corrected chi connectivity index (χ4v) is 3.22. The Balaban J connectivity index is 1.60. The van der Waals surface area contributed by atoms with E-state index in [1.807, 2.05) is 0 Å². The van der Waals surface area contributed by atoms with Gasteiger partial charge in [-0.2, -0.15) is 0 Å². The van der Waals surface area contributed by atoms with E-state index in [9.17, 15) is 0 Å². The molecule has 0 aromatic carbocycles. The van der Waals surface area contributed by atoms with Crippen molar-refractivity contribution in [3.63, 3.8) is 0 Å². The minimum Gasteiger partial charge on any atom is -0.377 e. The van der Waals surface area contributed by atoms with Gasteiger partial charge in [-0.05, 0) is 33.2 Å². The van der Waals surface area contributed by atoms with Crippen LogP contribution in [0.5, 0.6) is 0 Å². The Labute approximate surface area is 106 Å². The Morgan fingerprint density at radius 3 is 2.59 bits per heavy atom. The molecule has 2 fully saturated rings. The lowest BCUT2D eigenvalue weighted by atomic mass is 9.95. The Hall–Kier alpha value is -0.120. The summed E-state index contributed by atoms with van der Waals surface area (Å²) in [6, 6.07) is 1.41. The van der Waals surface area contributed by atoms with Crippen LogP contribution in [0.15, 0.2) is 0 Å². The van der Waals surface area contributed by atoms with Gasteiger partial charge < -0.3 is 10.1 Å². The standard InChI is InChI=1S/C14H28N2O/c1-12-14(8-11-17-12)16(2)10-9-15-13-6-4-3-5-7-13/h12-15H,3-11H2,1-2H3. The topological polar surface area (TPSA) is 24.5 Å². The second-order valence-electron chi connectivity index (χ2n) is 5.70. The van der Waals surface area contributed by atoms with Crippen LogP contribution < -0.4 is 5.32 Å². The van der Waals surface area contributed by atoms with Crippen LogP contribution in [0.3, 0.4) is 0 Å². The highest BCUT2D eigenvalue weighted by molar-refractivity contribution is 4.81. The summed E-state index contributed by atoms with van der Waals surface area (Å²) in [6.45, 7) is 5.41. The molecule has 2 atom stereocenters. The Bertz CT molecular complexity index is 216. The maximum absolute atomic E-state index is 5.62. The van der Waals surface area contributed by atoms with Crippen molar-refractivity contribution in [2.45, 2.75) is 63.6 Å². The van der Waals surface area contributed by atoms with Gasteiger partial charge in [0.25, 0.3) is 0 Å². The third-order valence-electron chi connectivity index (χ3n) is 4.41. The molecule has 0 spiro atoms. The van der Waals surface area contributed by atoms with E-state index in [4.69, 9.17) is 4.74 Å². The van der Waals surface area contributed by atoms with E-state index < -0.39 is 0 Å². The van der Waals surface area contributed by atoms with Crippen molar-refractivity contribution in [2.24, 2.45) is 0 Å². The number of likely N-dealkylation sites (N-methyl/N-ethyl adjacent to an activating group) is 1. The number of nitrogens with zero attached hydrogens (tertiary/aromatic N) is 1. The normalized spacial score (nSPS) is 31.2. The molecule has 2 aliphatic rings. The summed E-state index contributed by atoms with van der Waals surface area (Å²) in [7, 11) is 2.23. The van der Waals surface area contributed by atoms with Gasteiger partial charge in [0.1, 0.15) is 0 Å². The van der Waals surface area contributed by atoms with Crippen LogP contribution in [-0.2, 0) is 4.74 Å². The van der Waals surface area contributed by atoms with Crippen LogP contribution in [0.25, 0.3) is 0 Å². The molecule has 3 heteroatoms. The smallest absolute Gasteiger partial charge is 0.0702 e. The number of hydrogen-bond donors (Lipinski definition) is 1. The van der Waals surface area contributed by atoms with Crippen LogP contribution in [0.2, 0.25) is 0 Å². The molecule has 3 nitrogen and oxygen atoms in total. The molecule has 1 aliphatic carbocycles. The second kappa shape index (κ2) is 6.72. The minimum absolute atomic E-state index is 0.412. The van der Waals surface area contributed by atoms with Gasteiger partial charge in [-0.3, -0.25) is 4.90 Å². The molecular formula is C14H28N2O. The SMILES string of the molecule is CC1OCCC1N(C)CCNC1CCCCC1. The third-order valence-corrected chi connectivity index (χ3v) is 4.41. The quantitative estimate of drug-likeness (QED) is 0.795. The van der Waals surface area contributed by atoms with Gasteiger partial charge in [0, 0.05) is 31.8 Å². The summed E-state index contributed by atoms with van der Waals surface area (Å²) in [5.41, 5.74) is 0. The van der Waals surface area contributed by atoms with E-state index in [-0.39, 0.29) is 0 Å². The monoisotopic (exact) mass is 240 g/mol. The number of rotatable bonds is 5. The lowest BCUT2D eigenvalue weighted by Gasteiger charge is -2.28. The molecule has 1 heterocycles. The van der Waals surface area contributed by atoms with E-state index >= 15 is 0 Å². The molecule has 100 valence electrons. The summed E-state index contributed by atoms with van der Waals surface area (Å²) in [5, 5.41) is 3.71. The molecular weight excluding hydrogens is 212 g/mol. The van der Waals surface area contributed by atoms with Crippen molar-refractivity contribution in [1.82, 2.24) is 10.2 Å². The van der Waals surface area contributed by atoms with E-state index in [1.54, 1.807) is 0 Å². The van der Waals surface area contributed by atoms with Crippen LogP contribution >= 0.6 is 0 Å². The lowest BCUT2D eigenvalue weighted by molar-refractivity contribution is 0.0836. The van der Waals surface area contributed by atoms with Gasteiger partial charge in [-0.15, -0.1) is 0 Å². The molecule has 17 heavy (non-hydrogen) atoms. The predicted octanol–water partition coefficient (Wildman–Crippen LogP) is 2.02. The fourth-order valence-electron chi connectivity index (χ4n) is 3.22. The maximum Gasteiger partial charge on any atom is 0.0702 e. The first-order valence-electron chi connectivity index (χ1n) is 7.32. The number of ether oxygens (including phenoxy) is 1. The molecule has 0 aromatic heterocycles. The van der Waals surface area contributed by atoms with E-state index in [0.717, 1.165) is 25.7 Å². The van der Waals surface area contributed by atoms with Crippen LogP contribution in [0.1, 0.15) is 45.4 Å². The molecule has 0 radical (unpaired) electrons. The zero-order valence-electron chi connectivity index (χ0n) is 11.5. The van der Waals surface area contributed by atoms with E-state index in [0.29, 0.717) is 12.1 Å². The summed E-state index contributed by atoms with van der Waals surface area (Å²) < 4.78 is 5.62. The van der Waals surface area contributed by atoms with Crippen molar-refractivity contribution < 1.29 is 4.74 Å². The Kier molecular flexibility index (Phi) is 5.26. The van der Waals surface area contributed by atoms with Crippen LogP contribution in [-0.4, -0.2) is 49.8 Å². The highest BCUT2D eigenvalue weighted by Gasteiger charge is 2.27. The highest BCUT2D eigenvalue weighted by atomic mass is 16.5. The first-order chi connectivity index (χ1) is 8.27. The van der Waals surface area contributed by atoms with Crippen molar-refractivity contribution in [2.75, 3.05) is 26.7 Å². The molecule has 0 aromatic rings. The van der Waals surface area contributed by atoms with Gasteiger partial charge in [0.05, 0.1) is 6.10 Å². The van der Waals surface area contributed by atoms with Gasteiger partial charge >= 0.3 is 0 Å². The zero-order chi connectivity index (χ0) is 12.1. The Morgan fingerprint density at radius 1 is 1.18 bits per heavy atom. The van der Waals surface area contributed by atoms with Crippen molar-refractivity contribution >= 4 is 0 Å². The van der Waals surface area contributed by atoms with Gasteiger partial charge in [-0.25, -0.2) is 0 Å². The molecule has 2 rings (SSSR count). The molecule has 1 N–H and O–H groups in total. The first kappa shape index (κ1) is 13.3. The van der Waals surface area contributed by atoms with Crippen molar-refractivity contribution in [3.05, 3.63) is 0 Å². The summed E-state index contributed by atoms with van der Waals surface area (Å²) >= 11 is 0. The van der Waals surface area contributed by atoms with Crippen LogP contribution in [0, 0.1) is 0 Å². The average Bonchev–Trinajstić information content (AvgIpc) is 2.77. The lowest BCUT2D eigenvalue weighted by Crippen LogP contribution is -2.42. The van der Waals surface area contributed by atoms with E-state index in [2.05, 4.69) is 24.2 Å². The summed E-state index contributed by atoms with van der Waals surface area (Å²) in [6.07, 6.45) is 8.65. The largest absolute Gasteiger partial charge is 0.377 e. The third kappa shape index (κ3) is 3.94. The molecule has 2 unspecified atom stereocenters. The molecule has 1 aliphatic heterocycles. The molecule has 1 saturated carbocycles. The molecule has 0 bridgehead atoms. The van der Waals surface area contributed by atoms with Crippen molar-refractivity contribution in [3.8, 4) is 0 Å². The zero-order valence-corrected chi connectivity index (χ0v) is 11.5. The van der Waals surface area contributed by atoms with Gasteiger partial charge in [0.2, 0.25) is 0 Å². The molecule has 0 amide bonds. The summed E-state index contributed by atoms with van der Waals surface area (Å²) in [4.78, 5) is 2.47. The van der Waals surface area contributed by atoms with E-state index in [1.165, 1.54) is 38.5 Å². The van der Waals surface area contributed by atoms with Crippen molar-refractivity contribution in [1.29, 1.82) is 0 Å². The van der Waals surface area contributed by atoms with Crippen LogP contribution in [0.4, 0.5) is 0 Å². The maximum atomic E-state index is 5.62. The Morgan fingerprint density at radius 2 is 1.94 bits per heavy atom. The van der Waals surface area contributed by atoms with Gasteiger partial charge in [0.15, 0.2) is 0 Å². The average molecular weight is 240 g/mol.